The van der Waals surface area contributed by atoms with E-state index < -0.39 is 0 Å². The van der Waals surface area contributed by atoms with E-state index in [1.54, 1.807) is 12.1 Å². The molecule has 0 fully saturated rings. The summed E-state index contributed by atoms with van der Waals surface area (Å²) in [6.07, 6.45) is 1.73. The minimum absolute atomic E-state index is 0. The lowest BCUT2D eigenvalue weighted by atomic mass is 10.1. The Labute approximate surface area is 196 Å². The van der Waals surface area contributed by atoms with Crippen LogP contribution in [0.25, 0.3) is 0 Å². The van der Waals surface area contributed by atoms with Gasteiger partial charge in [0.2, 0.25) is 0 Å². The van der Waals surface area contributed by atoms with Crippen LogP contribution in [0.1, 0.15) is 23.6 Å². The molecule has 0 aliphatic carbocycles. The molecule has 7 heteroatoms. The van der Waals surface area contributed by atoms with Crippen LogP contribution < -0.4 is 15.4 Å². The van der Waals surface area contributed by atoms with Crippen molar-refractivity contribution in [2.45, 2.75) is 26.6 Å². The van der Waals surface area contributed by atoms with Crippen molar-refractivity contribution in [3.63, 3.8) is 0 Å². The van der Waals surface area contributed by atoms with E-state index in [0.29, 0.717) is 37.8 Å². The second-order valence-corrected chi connectivity index (χ2v) is 6.92. The van der Waals surface area contributed by atoms with Crippen molar-refractivity contribution in [1.82, 2.24) is 15.5 Å². The van der Waals surface area contributed by atoms with Gasteiger partial charge in [0.15, 0.2) is 5.96 Å². The Morgan fingerprint density at radius 2 is 1.93 bits per heavy atom. The third kappa shape index (κ3) is 8.71. The first-order valence-corrected chi connectivity index (χ1v) is 9.79. The predicted octanol–water partition coefficient (Wildman–Crippen LogP) is 4.33. The SMILES string of the molecule is C=CCOc1ccccc1CNC(=NCc1ccc(F)c(CN(C)C)c1)NCC.I. The van der Waals surface area contributed by atoms with Crippen LogP contribution in [-0.4, -0.2) is 38.1 Å². The molecule has 2 aromatic carbocycles. The molecule has 5 nitrogen and oxygen atoms in total. The summed E-state index contributed by atoms with van der Waals surface area (Å²) in [5, 5.41) is 6.58. The second kappa shape index (κ2) is 14.0. The molecule has 0 aliphatic rings. The van der Waals surface area contributed by atoms with E-state index in [9.17, 15) is 4.39 Å². The predicted molar refractivity (Wildman–Crippen MR) is 133 cm³/mol. The van der Waals surface area contributed by atoms with Crippen molar-refractivity contribution in [3.05, 3.63) is 77.6 Å². The standard InChI is InChI=1S/C23H31FN4O.HI/c1-5-13-29-22-10-8-7-9-19(22)16-27-23(25-6-2)26-15-18-11-12-21(24)20(14-18)17-28(3)4;/h5,7-12,14H,1,6,13,15-17H2,2-4H3,(H2,25,26,27);1H. The molecule has 0 heterocycles. The molecule has 0 unspecified atom stereocenters. The van der Waals surface area contributed by atoms with Crippen LogP contribution in [-0.2, 0) is 19.6 Å². The number of aliphatic imine (C=N–C) groups is 1. The summed E-state index contributed by atoms with van der Waals surface area (Å²) >= 11 is 0. The van der Waals surface area contributed by atoms with E-state index in [0.717, 1.165) is 23.4 Å². The molecule has 0 radical (unpaired) electrons. The molecule has 0 atom stereocenters. The largest absolute Gasteiger partial charge is 0.489 e. The van der Waals surface area contributed by atoms with Gasteiger partial charge >= 0.3 is 0 Å². The Kier molecular flexibility index (Phi) is 12.1. The number of halogens is 2. The van der Waals surface area contributed by atoms with Gasteiger partial charge in [0.25, 0.3) is 0 Å². The van der Waals surface area contributed by atoms with E-state index in [1.165, 1.54) is 6.07 Å². The molecule has 2 rings (SSSR count). The highest BCUT2D eigenvalue weighted by Crippen LogP contribution is 2.17. The minimum atomic E-state index is -0.187. The number of nitrogens with one attached hydrogen (secondary N) is 2. The van der Waals surface area contributed by atoms with Gasteiger partial charge in [-0.3, -0.25) is 0 Å². The van der Waals surface area contributed by atoms with Crippen LogP contribution in [0.2, 0.25) is 0 Å². The third-order valence-corrected chi connectivity index (χ3v) is 4.14. The van der Waals surface area contributed by atoms with Gasteiger partial charge in [-0.15, -0.1) is 24.0 Å². The number of guanidine groups is 1. The van der Waals surface area contributed by atoms with Gasteiger partial charge in [-0.2, -0.15) is 0 Å². The summed E-state index contributed by atoms with van der Waals surface area (Å²) in [5.41, 5.74) is 2.68. The topological polar surface area (TPSA) is 48.9 Å². The zero-order valence-electron chi connectivity index (χ0n) is 18.0. The summed E-state index contributed by atoms with van der Waals surface area (Å²) in [4.78, 5) is 6.59. The molecule has 0 aliphatic heterocycles. The average Bonchev–Trinajstić information content (AvgIpc) is 2.71. The first-order valence-electron chi connectivity index (χ1n) is 9.79. The van der Waals surface area contributed by atoms with Gasteiger partial charge in [-0.25, -0.2) is 9.38 Å². The fourth-order valence-electron chi connectivity index (χ4n) is 2.82. The number of hydrogen-bond donors (Lipinski definition) is 2. The normalized spacial score (nSPS) is 11.0. The minimum Gasteiger partial charge on any atom is -0.489 e. The Morgan fingerprint density at radius 1 is 1.17 bits per heavy atom. The molecule has 0 aromatic heterocycles. The molecular formula is C23H32FIN4O. The monoisotopic (exact) mass is 526 g/mol. The van der Waals surface area contributed by atoms with E-state index in [4.69, 9.17) is 4.74 Å². The molecule has 0 saturated heterocycles. The third-order valence-electron chi connectivity index (χ3n) is 4.14. The van der Waals surface area contributed by atoms with Crippen LogP contribution in [0.4, 0.5) is 4.39 Å². The molecule has 164 valence electrons. The lowest BCUT2D eigenvalue weighted by Gasteiger charge is -2.14. The maximum absolute atomic E-state index is 14.0. The lowest BCUT2D eigenvalue weighted by molar-refractivity contribution is 0.358. The Bertz CT molecular complexity index is 827. The van der Waals surface area contributed by atoms with Crippen LogP contribution >= 0.6 is 24.0 Å². The molecule has 0 saturated carbocycles. The number of benzene rings is 2. The van der Waals surface area contributed by atoms with Gasteiger partial charge in [-0.05, 0) is 44.8 Å². The van der Waals surface area contributed by atoms with Crippen molar-refractivity contribution in [2.24, 2.45) is 4.99 Å². The van der Waals surface area contributed by atoms with Crippen LogP contribution in [0.15, 0.2) is 60.1 Å². The van der Waals surface area contributed by atoms with Crippen molar-refractivity contribution in [2.75, 3.05) is 27.2 Å². The number of nitrogens with zero attached hydrogens (tertiary/aromatic N) is 2. The zero-order valence-corrected chi connectivity index (χ0v) is 20.3. The highest BCUT2D eigenvalue weighted by atomic mass is 127. The summed E-state index contributed by atoms with van der Waals surface area (Å²) in [5.74, 6) is 1.33. The lowest BCUT2D eigenvalue weighted by Crippen LogP contribution is -2.36. The zero-order chi connectivity index (χ0) is 21.1. The molecular weight excluding hydrogens is 494 g/mol. The number of ether oxygens (including phenoxy) is 1. The quantitative estimate of drug-likeness (QED) is 0.210. The number of hydrogen-bond acceptors (Lipinski definition) is 3. The van der Waals surface area contributed by atoms with Crippen molar-refractivity contribution in [3.8, 4) is 5.75 Å². The highest BCUT2D eigenvalue weighted by molar-refractivity contribution is 14.0. The number of rotatable bonds is 10. The van der Waals surface area contributed by atoms with Gasteiger partial charge < -0.3 is 20.3 Å². The van der Waals surface area contributed by atoms with Gasteiger partial charge in [-0.1, -0.05) is 36.9 Å². The fraction of sp³-hybridized carbons (Fsp3) is 0.348. The Hall–Kier alpha value is -2.13. The summed E-state index contributed by atoms with van der Waals surface area (Å²) in [6, 6.07) is 13.0. The Balaban J connectivity index is 0.00000450. The van der Waals surface area contributed by atoms with Gasteiger partial charge in [0.05, 0.1) is 6.54 Å². The summed E-state index contributed by atoms with van der Waals surface area (Å²) < 4.78 is 19.7. The summed E-state index contributed by atoms with van der Waals surface area (Å²) in [6.45, 7) is 8.52. The first-order chi connectivity index (χ1) is 14.0. The van der Waals surface area contributed by atoms with E-state index in [2.05, 4.69) is 22.2 Å². The van der Waals surface area contributed by atoms with E-state index >= 15 is 0 Å². The second-order valence-electron chi connectivity index (χ2n) is 6.92. The van der Waals surface area contributed by atoms with Crippen molar-refractivity contribution < 1.29 is 9.13 Å². The molecule has 2 aromatic rings. The number of para-hydroxylation sites is 1. The highest BCUT2D eigenvalue weighted by Gasteiger charge is 2.07. The molecule has 30 heavy (non-hydrogen) atoms. The van der Waals surface area contributed by atoms with Crippen molar-refractivity contribution in [1.29, 1.82) is 0 Å². The molecule has 0 spiro atoms. The van der Waals surface area contributed by atoms with Crippen LogP contribution in [0, 0.1) is 5.82 Å². The van der Waals surface area contributed by atoms with E-state index in [-0.39, 0.29) is 29.8 Å². The van der Waals surface area contributed by atoms with Crippen LogP contribution in [0.3, 0.4) is 0 Å². The maximum atomic E-state index is 14.0. The summed E-state index contributed by atoms with van der Waals surface area (Å²) in [7, 11) is 3.85. The molecule has 2 N–H and O–H groups in total. The first kappa shape index (κ1) is 25.9. The Morgan fingerprint density at radius 3 is 2.63 bits per heavy atom. The fourth-order valence-corrected chi connectivity index (χ4v) is 2.82. The van der Waals surface area contributed by atoms with Crippen molar-refractivity contribution >= 4 is 29.9 Å². The average molecular weight is 526 g/mol. The molecule has 0 bridgehead atoms. The maximum Gasteiger partial charge on any atom is 0.191 e. The molecule has 0 amide bonds. The smallest absolute Gasteiger partial charge is 0.191 e. The van der Waals surface area contributed by atoms with Gasteiger partial charge in [0.1, 0.15) is 18.2 Å². The van der Waals surface area contributed by atoms with Gasteiger partial charge in [0, 0.05) is 30.8 Å². The van der Waals surface area contributed by atoms with E-state index in [1.807, 2.05) is 56.3 Å². The van der Waals surface area contributed by atoms with Crippen LogP contribution in [0.5, 0.6) is 5.75 Å².